The highest BCUT2D eigenvalue weighted by Gasteiger charge is 2.50. The molecule has 0 aliphatic carbocycles. The van der Waals surface area contributed by atoms with Crippen molar-refractivity contribution in [2.45, 2.75) is 31.5 Å². The van der Waals surface area contributed by atoms with Gasteiger partial charge in [-0.05, 0) is 54.2 Å². The highest BCUT2D eigenvalue weighted by Crippen LogP contribution is 2.39. The van der Waals surface area contributed by atoms with E-state index in [4.69, 9.17) is 14.2 Å². The van der Waals surface area contributed by atoms with E-state index in [1.807, 2.05) is 35.2 Å². The van der Waals surface area contributed by atoms with E-state index in [1.165, 1.54) is 12.1 Å². The Morgan fingerprint density at radius 3 is 2.73 bits per heavy atom. The number of benzene rings is 2. The quantitative estimate of drug-likeness (QED) is 0.621. The molecular formula is C24H28FNO4. The molecule has 2 aliphatic rings. The molecule has 1 unspecified atom stereocenters. The molecule has 5 nitrogen and oxygen atoms in total. The Balaban J connectivity index is 1.15. The topological polar surface area (TPSA) is 48.0 Å². The number of rotatable bonds is 8. The molecule has 6 heteroatoms. The molecule has 2 saturated heterocycles. The van der Waals surface area contributed by atoms with Crippen LogP contribution >= 0.6 is 0 Å². The number of methoxy groups -OCH3 is 1. The Morgan fingerprint density at radius 2 is 2.00 bits per heavy atom. The van der Waals surface area contributed by atoms with Crippen molar-refractivity contribution in [3.8, 4) is 5.75 Å². The first kappa shape index (κ1) is 20.8. The molecule has 2 heterocycles. The predicted octanol–water partition coefficient (Wildman–Crippen LogP) is 3.60. The lowest BCUT2D eigenvalue weighted by Crippen LogP contribution is -2.63. The fourth-order valence-electron chi connectivity index (χ4n) is 4.27. The van der Waals surface area contributed by atoms with Crippen molar-refractivity contribution in [1.82, 2.24) is 4.90 Å². The molecule has 2 aromatic rings. The van der Waals surface area contributed by atoms with Crippen LogP contribution < -0.4 is 4.74 Å². The Labute approximate surface area is 176 Å². The van der Waals surface area contributed by atoms with E-state index in [0.717, 1.165) is 29.7 Å². The zero-order chi connectivity index (χ0) is 21.0. The highest BCUT2D eigenvalue weighted by atomic mass is 19.1. The van der Waals surface area contributed by atoms with Crippen LogP contribution in [0.5, 0.6) is 5.75 Å². The number of nitrogens with zero attached hydrogens (tertiary/aromatic N) is 1. The molecular weight excluding hydrogens is 385 g/mol. The summed E-state index contributed by atoms with van der Waals surface area (Å²) < 4.78 is 30.1. The molecule has 1 atom stereocenters. The second kappa shape index (κ2) is 9.14. The molecule has 4 rings (SSSR count). The minimum absolute atomic E-state index is 0.135. The molecule has 1 spiro atoms. The van der Waals surface area contributed by atoms with Gasteiger partial charge in [0.25, 0.3) is 0 Å². The summed E-state index contributed by atoms with van der Waals surface area (Å²) in [5.41, 5.74) is 1.66. The van der Waals surface area contributed by atoms with Crippen LogP contribution in [0.1, 0.15) is 24.0 Å². The van der Waals surface area contributed by atoms with Crippen LogP contribution in [-0.4, -0.2) is 49.8 Å². The predicted molar refractivity (Wildman–Crippen MR) is 111 cm³/mol. The zero-order valence-electron chi connectivity index (χ0n) is 17.3. The number of ether oxygens (including phenoxy) is 3. The number of likely N-dealkylation sites (tertiary alicyclic amines) is 1. The summed E-state index contributed by atoms with van der Waals surface area (Å²) in [4.78, 5) is 14.4. The number of carbonyl (C=O) groups excluding carboxylic acids is 1. The fraction of sp³-hybridized carbons (Fsp3) is 0.458. The maximum Gasteiger partial charge on any atom is 0.227 e. The molecule has 2 aromatic carbocycles. The van der Waals surface area contributed by atoms with Gasteiger partial charge in [0.15, 0.2) is 0 Å². The third kappa shape index (κ3) is 4.99. The number of hydrogen-bond donors (Lipinski definition) is 0. The average molecular weight is 413 g/mol. The first-order valence-electron chi connectivity index (χ1n) is 10.4. The van der Waals surface area contributed by atoms with Crippen molar-refractivity contribution in [3.63, 3.8) is 0 Å². The highest BCUT2D eigenvalue weighted by molar-refractivity contribution is 5.80. The van der Waals surface area contributed by atoms with Crippen LogP contribution in [0.3, 0.4) is 0 Å². The van der Waals surface area contributed by atoms with Gasteiger partial charge in [-0.2, -0.15) is 0 Å². The van der Waals surface area contributed by atoms with Crippen molar-refractivity contribution in [2.24, 2.45) is 5.92 Å². The number of halogens is 1. The first-order valence-corrected chi connectivity index (χ1v) is 10.4. The molecule has 0 saturated carbocycles. The van der Waals surface area contributed by atoms with Crippen molar-refractivity contribution < 1.29 is 23.4 Å². The Morgan fingerprint density at radius 1 is 1.20 bits per heavy atom. The van der Waals surface area contributed by atoms with Gasteiger partial charge in [0, 0.05) is 6.61 Å². The van der Waals surface area contributed by atoms with Crippen molar-refractivity contribution in [2.75, 3.05) is 33.4 Å². The van der Waals surface area contributed by atoms with Crippen LogP contribution in [0, 0.1) is 11.7 Å². The first-order chi connectivity index (χ1) is 14.5. The van der Waals surface area contributed by atoms with Crippen LogP contribution in [-0.2, 0) is 27.3 Å². The van der Waals surface area contributed by atoms with E-state index in [2.05, 4.69) is 0 Å². The molecule has 0 bridgehead atoms. The monoisotopic (exact) mass is 413 g/mol. The lowest BCUT2D eigenvalue weighted by Gasteiger charge is -2.47. The summed E-state index contributed by atoms with van der Waals surface area (Å²) in [5.74, 6) is 1.13. The Hall–Kier alpha value is -2.44. The second-order valence-electron chi connectivity index (χ2n) is 8.31. The van der Waals surface area contributed by atoms with Gasteiger partial charge < -0.3 is 19.1 Å². The lowest BCUT2D eigenvalue weighted by atomic mass is 9.85. The molecule has 2 fully saturated rings. The molecule has 0 radical (unpaired) electrons. The molecule has 30 heavy (non-hydrogen) atoms. The molecule has 2 aliphatic heterocycles. The summed E-state index contributed by atoms with van der Waals surface area (Å²) in [6, 6.07) is 14.1. The van der Waals surface area contributed by atoms with E-state index in [-0.39, 0.29) is 17.3 Å². The third-order valence-corrected chi connectivity index (χ3v) is 5.94. The Kier molecular flexibility index (Phi) is 6.35. The SMILES string of the molecule is COc1ccc(CC(=O)N2CC3(CC(CCOCc4cccc(F)c4)CO3)C2)cc1. The maximum atomic E-state index is 13.2. The Bertz CT molecular complexity index is 864. The van der Waals surface area contributed by atoms with Gasteiger partial charge in [0.05, 0.1) is 39.8 Å². The number of amides is 1. The van der Waals surface area contributed by atoms with Gasteiger partial charge in [-0.15, -0.1) is 0 Å². The van der Waals surface area contributed by atoms with E-state index >= 15 is 0 Å². The van der Waals surface area contributed by atoms with E-state index < -0.39 is 0 Å². The lowest BCUT2D eigenvalue weighted by molar-refractivity contribution is -0.157. The van der Waals surface area contributed by atoms with Crippen LogP contribution in [0.25, 0.3) is 0 Å². The fourth-order valence-corrected chi connectivity index (χ4v) is 4.27. The van der Waals surface area contributed by atoms with Gasteiger partial charge in [0.1, 0.15) is 17.2 Å². The zero-order valence-corrected chi connectivity index (χ0v) is 17.3. The van der Waals surface area contributed by atoms with Crippen LogP contribution in [0.2, 0.25) is 0 Å². The van der Waals surface area contributed by atoms with Crippen LogP contribution in [0.4, 0.5) is 4.39 Å². The summed E-state index contributed by atoms with van der Waals surface area (Å²) in [6.07, 6.45) is 2.27. The summed E-state index contributed by atoms with van der Waals surface area (Å²) in [7, 11) is 1.63. The van der Waals surface area contributed by atoms with Crippen molar-refractivity contribution in [1.29, 1.82) is 0 Å². The van der Waals surface area contributed by atoms with Crippen LogP contribution in [0.15, 0.2) is 48.5 Å². The minimum atomic E-state index is -0.238. The summed E-state index contributed by atoms with van der Waals surface area (Å²) >= 11 is 0. The van der Waals surface area contributed by atoms with Crippen molar-refractivity contribution >= 4 is 5.91 Å². The van der Waals surface area contributed by atoms with Crippen molar-refractivity contribution in [3.05, 3.63) is 65.5 Å². The van der Waals surface area contributed by atoms with E-state index in [9.17, 15) is 9.18 Å². The number of carbonyl (C=O) groups is 1. The molecule has 1 amide bonds. The second-order valence-corrected chi connectivity index (χ2v) is 8.31. The average Bonchev–Trinajstić information content (AvgIpc) is 3.15. The van der Waals surface area contributed by atoms with Gasteiger partial charge >= 0.3 is 0 Å². The largest absolute Gasteiger partial charge is 0.497 e. The normalized spacial score (nSPS) is 19.7. The smallest absolute Gasteiger partial charge is 0.227 e. The number of hydrogen-bond acceptors (Lipinski definition) is 4. The van der Waals surface area contributed by atoms with Gasteiger partial charge in [-0.25, -0.2) is 4.39 Å². The van der Waals surface area contributed by atoms with Gasteiger partial charge in [0.2, 0.25) is 5.91 Å². The van der Waals surface area contributed by atoms with Gasteiger partial charge in [-0.1, -0.05) is 24.3 Å². The van der Waals surface area contributed by atoms with E-state index in [1.54, 1.807) is 13.2 Å². The molecule has 160 valence electrons. The molecule has 0 aromatic heterocycles. The third-order valence-electron chi connectivity index (χ3n) is 5.94. The summed E-state index contributed by atoms with van der Waals surface area (Å²) in [6.45, 7) is 3.10. The minimum Gasteiger partial charge on any atom is -0.497 e. The standard InChI is InChI=1S/C24H28FNO4/c1-28-22-7-5-18(6-8-22)12-23(27)26-16-24(17-26)13-20(15-30-24)9-10-29-14-19-3-2-4-21(25)11-19/h2-8,11,20H,9-10,12-17H2,1H3. The summed E-state index contributed by atoms with van der Waals surface area (Å²) in [5, 5.41) is 0. The molecule has 0 N–H and O–H groups in total. The van der Waals surface area contributed by atoms with Gasteiger partial charge in [-0.3, -0.25) is 4.79 Å². The van der Waals surface area contributed by atoms with E-state index in [0.29, 0.717) is 45.2 Å². The maximum absolute atomic E-state index is 13.2.